The van der Waals surface area contributed by atoms with Gasteiger partial charge in [-0.1, -0.05) is 32.9 Å². The molecule has 4 rings (SSSR count). The Balaban J connectivity index is 1.97. The van der Waals surface area contributed by atoms with Crippen molar-refractivity contribution in [2.45, 2.75) is 64.6 Å². The Morgan fingerprint density at radius 2 is 1.92 bits per heavy atom. The number of carbonyl (C=O) groups is 1. The summed E-state index contributed by atoms with van der Waals surface area (Å²) in [6.45, 7) is 15.7. The third-order valence-electron chi connectivity index (χ3n) is 7.13. The van der Waals surface area contributed by atoms with Gasteiger partial charge in [-0.15, -0.1) is 0 Å². The molecule has 1 saturated carbocycles. The van der Waals surface area contributed by atoms with Crippen LogP contribution in [0.5, 0.6) is 0 Å². The van der Waals surface area contributed by atoms with E-state index < -0.39 is 19.5 Å². The van der Waals surface area contributed by atoms with E-state index in [-0.39, 0.29) is 34.7 Å². The van der Waals surface area contributed by atoms with Crippen molar-refractivity contribution in [2.75, 3.05) is 13.7 Å². The molecule has 0 N–H and O–H groups in total. The van der Waals surface area contributed by atoms with E-state index in [1.54, 1.807) is 7.11 Å². The first-order valence-corrected chi connectivity index (χ1v) is 11.9. The molecular weight excluding hydrogens is 320 g/mol. The second-order valence-corrected chi connectivity index (χ2v) is 14.3. The molecule has 1 aliphatic heterocycles. The molecule has 0 unspecified atom stereocenters. The lowest BCUT2D eigenvalue weighted by Crippen LogP contribution is -2.63. The zero-order valence-corrected chi connectivity index (χ0v) is 17.3. The maximum atomic E-state index is 13.4. The highest BCUT2D eigenvalue weighted by molar-refractivity contribution is 6.74. The second-order valence-electron chi connectivity index (χ2n) is 9.55. The van der Waals surface area contributed by atoms with Crippen LogP contribution in [0.1, 0.15) is 34.6 Å². The third-order valence-corrected chi connectivity index (χ3v) is 11.6. The zero-order chi connectivity index (χ0) is 18.1. The average molecular weight is 353 g/mol. The fraction of sp³-hybridized carbons (Fsp3) is 0.842. The third kappa shape index (κ3) is 2.31. The van der Waals surface area contributed by atoms with Gasteiger partial charge < -0.3 is 13.9 Å². The van der Waals surface area contributed by atoms with Crippen molar-refractivity contribution >= 4 is 14.1 Å². The molecule has 0 aromatic heterocycles. The van der Waals surface area contributed by atoms with Crippen LogP contribution >= 0.6 is 0 Å². The molecule has 4 aliphatic rings. The standard InChI is InChI=1S/C19H32O4Si/c1-17(2,3)24(7,8)23-14-12-9-10-18(4,16(14)20)15-13(12)11-22-19(15,5)21-6/h9-10,12-15H,11H2,1-8H3/t12-,13+,14+,15+,18+,19+/m1/s1. The summed E-state index contributed by atoms with van der Waals surface area (Å²) >= 11 is 0. The molecule has 1 heterocycles. The summed E-state index contributed by atoms with van der Waals surface area (Å²) in [5.74, 6) is -0.0699. The van der Waals surface area contributed by atoms with Gasteiger partial charge in [-0.3, -0.25) is 4.79 Å². The fourth-order valence-electron chi connectivity index (χ4n) is 4.57. The molecule has 136 valence electrons. The van der Waals surface area contributed by atoms with Gasteiger partial charge in [0.1, 0.15) is 6.10 Å². The van der Waals surface area contributed by atoms with E-state index in [4.69, 9.17) is 13.9 Å². The lowest BCUT2D eigenvalue weighted by Gasteiger charge is -2.54. The van der Waals surface area contributed by atoms with E-state index in [2.05, 4.69) is 46.0 Å². The van der Waals surface area contributed by atoms with Crippen LogP contribution in [0.2, 0.25) is 18.1 Å². The van der Waals surface area contributed by atoms with E-state index in [1.165, 1.54) is 0 Å². The first kappa shape index (κ1) is 18.3. The van der Waals surface area contributed by atoms with Crippen LogP contribution in [0.3, 0.4) is 0 Å². The zero-order valence-electron chi connectivity index (χ0n) is 16.3. The highest BCUT2D eigenvalue weighted by atomic mass is 28.4. The smallest absolute Gasteiger partial charge is 0.193 e. The number of carbonyl (C=O) groups excluding carboxylic acids is 1. The van der Waals surface area contributed by atoms with Crippen LogP contribution in [-0.2, 0) is 18.7 Å². The predicted octanol–water partition coefficient (Wildman–Crippen LogP) is 3.78. The number of allylic oxidation sites excluding steroid dienone is 1. The molecule has 5 heteroatoms. The summed E-state index contributed by atoms with van der Waals surface area (Å²) in [4.78, 5) is 13.4. The highest BCUT2D eigenvalue weighted by Gasteiger charge is 2.67. The number of ketones is 1. The molecule has 1 saturated heterocycles. The minimum atomic E-state index is -2.02. The number of rotatable bonds is 3. The molecule has 0 amide bonds. The molecule has 3 aliphatic carbocycles. The van der Waals surface area contributed by atoms with Crippen molar-refractivity contribution in [2.24, 2.45) is 23.2 Å². The van der Waals surface area contributed by atoms with Crippen LogP contribution < -0.4 is 0 Å². The maximum Gasteiger partial charge on any atom is 0.193 e. The van der Waals surface area contributed by atoms with Gasteiger partial charge in [0.25, 0.3) is 0 Å². The first-order valence-electron chi connectivity index (χ1n) is 8.98. The summed E-state index contributed by atoms with van der Waals surface area (Å²) in [5, 5.41) is 0.0845. The van der Waals surface area contributed by atoms with Crippen molar-refractivity contribution in [3.05, 3.63) is 12.2 Å². The van der Waals surface area contributed by atoms with Gasteiger partial charge >= 0.3 is 0 Å². The number of ether oxygens (including phenoxy) is 2. The Bertz CT molecular complexity index is 578. The molecule has 0 aromatic carbocycles. The van der Waals surface area contributed by atoms with Crippen LogP contribution in [0.25, 0.3) is 0 Å². The van der Waals surface area contributed by atoms with Gasteiger partial charge in [0, 0.05) is 24.9 Å². The summed E-state index contributed by atoms with van der Waals surface area (Å²) in [6, 6.07) is 0. The monoisotopic (exact) mass is 352 g/mol. The van der Waals surface area contributed by atoms with Crippen molar-refractivity contribution in [1.29, 1.82) is 0 Å². The largest absolute Gasteiger partial charge is 0.406 e. The van der Waals surface area contributed by atoms with Gasteiger partial charge in [-0.25, -0.2) is 0 Å². The summed E-state index contributed by atoms with van der Waals surface area (Å²) in [6.07, 6.45) is 3.94. The number of fused-ring (bicyclic) bond motifs is 1. The van der Waals surface area contributed by atoms with Gasteiger partial charge in [0.2, 0.25) is 0 Å². The number of hydrogen-bond donors (Lipinski definition) is 0. The van der Waals surface area contributed by atoms with E-state index in [0.717, 1.165) is 0 Å². The molecular formula is C19H32O4Si. The molecule has 6 atom stereocenters. The molecule has 2 bridgehead atoms. The fourth-order valence-corrected chi connectivity index (χ4v) is 5.82. The topological polar surface area (TPSA) is 44.8 Å². The van der Waals surface area contributed by atoms with Gasteiger partial charge in [-0.05, 0) is 32.0 Å². The Hall–Kier alpha value is -0.493. The van der Waals surface area contributed by atoms with Gasteiger partial charge in [0.05, 0.1) is 12.0 Å². The van der Waals surface area contributed by atoms with E-state index in [1.807, 2.05) is 13.8 Å². The maximum absolute atomic E-state index is 13.4. The van der Waals surface area contributed by atoms with Crippen LogP contribution in [0, 0.1) is 23.2 Å². The van der Waals surface area contributed by atoms with Crippen molar-refractivity contribution in [3.63, 3.8) is 0 Å². The summed E-state index contributed by atoms with van der Waals surface area (Å²) in [5.41, 5.74) is -0.576. The number of hydrogen-bond acceptors (Lipinski definition) is 4. The van der Waals surface area contributed by atoms with Gasteiger partial charge in [-0.2, -0.15) is 0 Å². The molecule has 0 aromatic rings. The minimum Gasteiger partial charge on any atom is -0.406 e. The van der Waals surface area contributed by atoms with Gasteiger partial charge in [0.15, 0.2) is 19.9 Å². The second kappa shape index (κ2) is 5.26. The Labute approximate surface area is 147 Å². The van der Waals surface area contributed by atoms with E-state index >= 15 is 0 Å². The quantitative estimate of drug-likeness (QED) is 0.573. The SMILES string of the molecule is CO[C@@]1(C)OC[C@H]2[C@H]3C=C[C@](C)(C(=O)[C@H]3O[Si](C)(C)C(C)(C)C)[C@H]21. The molecule has 4 nitrogen and oxygen atoms in total. The predicted molar refractivity (Wildman–Crippen MR) is 96.2 cm³/mol. The van der Waals surface area contributed by atoms with Crippen molar-refractivity contribution in [3.8, 4) is 0 Å². The average Bonchev–Trinajstić information content (AvgIpc) is 2.83. The Morgan fingerprint density at radius 1 is 1.29 bits per heavy atom. The van der Waals surface area contributed by atoms with E-state index in [9.17, 15) is 4.79 Å². The first-order chi connectivity index (χ1) is 10.9. The van der Waals surface area contributed by atoms with Crippen molar-refractivity contribution < 1.29 is 18.7 Å². The van der Waals surface area contributed by atoms with E-state index in [0.29, 0.717) is 6.61 Å². The van der Waals surface area contributed by atoms with Crippen LogP contribution in [0.4, 0.5) is 0 Å². The Kier molecular flexibility index (Phi) is 4.01. The summed E-state index contributed by atoms with van der Waals surface area (Å²) in [7, 11) is -0.347. The molecule has 24 heavy (non-hydrogen) atoms. The Morgan fingerprint density at radius 3 is 2.46 bits per heavy atom. The number of methoxy groups -OCH3 is 1. The minimum absolute atomic E-state index is 0.0526. The lowest BCUT2D eigenvalue weighted by molar-refractivity contribution is -0.222. The normalized spacial score (nSPS) is 44.9. The lowest BCUT2D eigenvalue weighted by atomic mass is 9.52. The molecule has 2 fully saturated rings. The highest BCUT2D eigenvalue weighted by Crippen LogP contribution is 2.60. The van der Waals surface area contributed by atoms with Crippen LogP contribution in [-0.4, -0.2) is 39.7 Å². The molecule has 0 spiro atoms. The van der Waals surface area contributed by atoms with Crippen LogP contribution in [0.15, 0.2) is 12.2 Å². The number of Topliss-reactive ketones (excluding diaryl/α,β-unsaturated/α-hetero) is 1. The molecule has 0 radical (unpaired) electrons. The van der Waals surface area contributed by atoms with Crippen molar-refractivity contribution in [1.82, 2.24) is 0 Å². The summed E-state index contributed by atoms with van der Waals surface area (Å²) < 4.78 is 18.3.